The number of pyridine rings is 1. The summed E-state index contributed by atoms with van der Waals surface area (Å²) in [6.45, 7) is 5.79. The lowest BCUT2D eigenvalue weighted by atomic mass is 10.2. The van der Waals surface area contributed by atoms with Crippen LogP contribution < -0.4 is 10.1 Å². The largest absolute Gasteiger partial charge is 0.483 e. The first-order valence-electron chi connectivity index (χ1n) is 8.50. The Morgan fingerprint density at radius 3 is 2.88 bits per heavy atom. The van der Waals surface area contributed by atoms with E-state index in [4.69, 9.17) is 4.74 Å². The molecule has 5 heteroatoms. The van der Waals surface area contributed by atoms with Gasteiger partial charge in [-0.2, -0.15) is 0 Å². The normalized spacial score (nSPS) is 11.0. The lowest BCUT2D eigenvalue weighted by Gasteiger charge is -2.11. The molecule has 25 heavy (non-hydrogen) atoms. The molecule has 5 nitrogen and oxygen atoms in total. The summed E-state index contributed by atoms with van der Waals surface area (Å²) in [5.41, 5.74) is 2.09. The average molecular weight is 337 g/mol. The molecule has 1 amide bonds. The monoisotopic (exact) mass is 337 g/mol. The Labute approximate surface area is 147 Å². The van der Waals surface area contributed by atoms with Crippen LogP contribution in [0, 0.1) is 5.92 Å². The maximum atomic E-state index is 12.0. The van der Waals surface area contributed by atoms with Crippen LogP contribution in [0.25, 0.3) is 10.9 Å². The van der Waals surface area contributed by atoms with E-state index < -0.39 is 0 Å². The van der Waals surface area contributed by atoms with E-state index in [0.29, 0.717) is 12.5 Å². The van der Waals surface area contributed by atoms with Crippen LogP contribution in [0.4, 0.5) is 0 Å². The molecule has 0 saturated heterocycles. The molecule has 0 saturated carbocycles. The van der Waals surface area contributed by atoms with Crippen LogP contribution in [0.15, 0.2) is 55.0 Å². The fraction of sp³-hybridized carbons (Fsp3) is 0.300. The number of nitrogens with one attached hydrogen (secondary N) is 1. The molecule has 2 heterocycles. The summed E-state index contributed by atoms with van der Waals surface area (Å²) in [6.07, 6.45) is 5.51. The molecule has 0 spiro atoms. The maximum absolute atomic E-state index is 12.0. The van der Waals surface area contributed by atoms with Gasteiger partial charge < -0.3 is 14.6 Å². The Bertz CT molecular complexity index is 841. The van der Waals surface area contributed by atoms with E-state index in [1.54, 1.807) is 12.4 Å². The zero-order chi connectivity index (χ0) is 17.6. The number of carbonyl (C=O) groups excluding carboxylic acids is 1. The van der Waals surface area contributed by atoms with E-state index >= 15 is 0 Å². The molecular formula is C20H23N3O2. The summed E-state index contributed by atoms with van der Waals surface area (Å²) in [6, 6.07) is 11.7. The second-order valence-electron chi connectivity index (χ2n) is 6.48. The van der Waals surface area contributed by atoms with Crippen molar-refractivity contribution in [1.82, 2.24) is 14.9 Å². The highest BCUT2D eigenvalue weighted by Crippen LogP contribution is 2.27. The zero-order valence-corrected chi connectivity index (χ0v) is 14.6. The molecule has 3 rings (SSSR count). The van der Waals surface area contributed by atoms with E-state index in [1.165, 1.54) is 0 Å². The lowest BCUT2D eigenvalue weighted by molar-refractivity contribution is -0.123. The van der Waals surface area contributed by atoms with E-state index in [9.17, 15) is 4.79 Å². The van der Waals surface area contributed by atoms with Gasteiger partial charge in [0, 0.05) is 37.1 Å². The molecule has 1 N–H and O–H groups in total. The van der Waals surface area contributed by atoms with Gasteiger partial charge in [-0.1, -0.05) is 26.0 Å². The van der Waals surface area contributed by atoms with Gasteiger partial charge in [-0.25, -0.2) is 0 Å². The smallest absolute Gasteiger partial charge is 0.258 e. The molecule has 1 aromatic carbocycles. The molecule has 2 aromatic heterocycles. The van der Waals surface area contributed by atoms with Crippen LogP contribution in [0.5, 0.6) is 5.75 Å². The molecule has 0 fully saturated rings. The number of benzene rings is 1. The number of carbonyl (C=O) groups is 1. The van der Waals surface area contributed by atoms with Gasteiger partial charge in [0.05, 0.1) is 5.52 Å². The first-order valence-corrected chi connectivity index (χ1v) is 8.50. The standard InChI is InChI=1S/C20H23N3O2/c1-15(2)13-23-10-8-17-18(23)6-3-7-19(17)25-14-20(24)22-12-16-5-4-9-21-11-16/h3-11,15H,12-14H2,1-2H3,(H,22,24). The fourth-order valence-electron chi connectivity index (χ4n) is 2.77. The molecule has 130 valence electrons. The summed E-state index contributed by atoms with van der Waals surface area (Å²) in [5.74, 6) is 1.15. The van der Waals surface area contributed by atoms with Crippen LogP contribution in [0.1, 0.15) is 19.4 Å². The zero-order valence-electron chi connectivity index (χ0n) is 14.6. The Balaban J connectivity index is 1.61. The number of rotatable bonds is 7. The topological polar surface area (TPSA) is 56.1 Å². The minimum atomic E-state index is -0.150. The number of hydrogen-bond acceptors (Lipinski definition) is 3. The number of aromatic nitrogens is 2. The molecule has 0 aliphatic carbocycles. The number of ether oxygens (including phenoxy) is 1. The Morgan fingerprint density at radius 2 is 2.12 bits per heavy atom. The predicted octanol–water partition coefficient (Wildman–Crippen LogP) is 3.39. The third-order valence-electron chi connectivity index (χ3n) is 3.91. The Morgan fingerprint density at radius 1 is 1.24 bits per heavy atom. The summed E-state index contributed by atoms with van der Waals surface area (Å²) in [5, 5.41) is 3.87. The SMILES string of the molecule is CC(C)Cn1ccc2c(OCC(=O)NCc3cccnc3)cccc21. The van der Waals surface area contributed by atoms with Crippen LogP contribution in [0.3, 0.4) is 0 Å². The highest BCUT2D eigenvalue weighted by atomic mass is 16.5. The second-order valence-corrected chi connectivity index (χ2v) is 6.48. The van der Waals surface area contributed by atoms with Crippen molar-refractivity contribution in [3.63, 3.8) is 0 Å². The van der Waals surface area contributed by atoms with E-state index in [0.717, 1.165) is 28.8 Å². The summed E-state index contributed by atoms with van der Waals surface area (Å²) < 4.78 is 7.96. The third kappa shape index (κ3) is 4.38. The van der Waals surface area contributed by atoms with Crippen molar-refractivity contribution < 1.29 is 9.53 Å². The van der Waals surface area contributed by atoms with Gasteiger partial charge in [0.2, 0.25) is 0 Å². The van der Waals surface area contributed by atoms with E-state index in [-0.39, 0.29) is 12.5 Å². The van der Waals surface area contributed by atoms with Crippen molar-refractivity contribution >= 4 is 16.8 Å². The lowest BCUT2D eigenvalue weighted by Crippen LogP contribution is -2.28. The van der Waals surface area contributed by atoms with E-state index in [1.807, 2.05) is 30.3 Å². The van der Waals surface area contributed by atoms with Crippen LogP contribution >= 0.6 is 0 Å². The van der Waals surface area contributed by atoms with Crippen molar-refractivity contribution in [3.8, 4) is 5.75 Å². The number of fused-ring (bicyclic) bond motifs is 1. The third-order valence-corrected chi connectivity index (χ3v) is 3.91. The first-order chi connectivity index (χ1) is 12.1. The molecule has 3 aromatic rings. The quantitative estimate of drug-likeness (QED) is 0.719. The minimum Gasteiger partial charge on any atom is -0.483 e. The maximum Gasteiger partial charge on any atom is 0.258 e. The first kappa shape index (κ1) is 17.0. The van der Waals surface area contributed by atoms with Gasteiger partial charge in [-0.15, -0.1) is 0 Å². The highest BCUT2D eigenvalue weighted by Gasteiger charge is 2.09. The Hall–Kier alpha value is -2.82. The van der Waals surface area contributed by atoms with Crippen molar-refractivity contribution in [1.29, 1.82) is 0 Å². The fourth-order valence-corrected chi connectivity index (χ4v) is 2.77. The molecular weight excluding hydrogens is 314 g/mol. The molecule has 0 aliphatic heterocycles. The van der Waals surface area contributed by atoms with Crippen molar-refractivity contribution in [2.75, 3.05) is 6.61 Å². The van der Waals surface area contributed by atoms with Gasteiger partial charge in [-0.05, 0) is 35.7 Å². The molecule has 0 atom stereocenters. The highest BCUT2D eigenvalue weighted by molar-refractivity contribution is 5.87. The second kappa shape index (κ2) is 7.83. The van der Waals surface area contributed by atoms with Crippen molar-refractivity contribution in [3.05, 3.63) is 60.6 Å². The van der Waals surface area contributed by atoms with Crippen molar-refractivity contribution in [2.45, 2.75) is 26.9 Å². The van der Waals surface area contributed by atoms with Gasteiger partial charge in [0.1, 0.15) is 5.75 Å². The summed E-state index contributed by atoms with van der Waals surface area (Å²) in [7, 11) is 0. The van der Waals surface area contributed by atoms with Gasteiger partial charge in [0.15, 0.2) is 6.61 Å². The number of hydrogen-bond donors (Lipinski definition) is 1. The Kier molecular flexibility index (Phi) is 5.33. The summed E-state index contributed by atoms with van der Waals surface area (Å²) in [4.78, 5) is 16.0. The molecule has 0 radical (unpaired) electrons. The van der Waals surface area contributed by atoms with Gasteiger partial charge in [0.25, 0.3) is 5.91 Å². The van der Waals surface area contributed by atoms with Crippen LogP contribution in [0.2, 0.25) is 0 Å². The van der Waals surface area contributed by atoms with Gasteiger partial charge in [-0.3, -0.25) is 9.78 Å². The summed E-state index contributed by atoms with van der Waals surface area (Å²) >= 11 is 0. The van der Waals surface area contributed by atoms with Crippen LogP contribution in [-0.4, -0.2) is 22.1 Å². The number of nitrogens with zero attached hydrogens (tertiary/aromatic N) is 2. The van der Waals surface area contributed by atoms with E-state index in [2.05, 4.69) is 41.0 Å². The van der Waals surface area contributed by atoms with Gasteiger partial charge >= 0.3 is 0 Å². The minimum absolute atomic E-state index is 0.00522. The predicted molar refractivity (Wildman–Crippen MR) is 98.4 cm³/mol. The molecule has 0 aliphatic rings. The molecule has 0 unspecified atom stereocenters. The van der Waals surface area contributed by atoms with Crippen molar-refractivity contribution in [2.24, 2.45) is 5.92 Å². The van der Waals surface area contributed by atoms with Crippen LogP contribution in [-0.2, 0) is 17.9 Å². The molecule has 0 bridgehead atoms. The number of amides is 1. The average Bonchev–Trinajstić information content (AvgIpc) is 3.02.